The molecule has 0 bridgehead atoms. The van der Waals surface area contributed by atoms with Gasteiger partial charge in [0.05, 0.1) is 49.9 Å². The lowest BCUT2D eigenvalue weighted by Gasteiger charge is -2.46. The van der Waals surface area contributed by atoms with Gasteiger partial charge < -0.3 is 9.84 Å². The third kappa shape index (κ3) is 14.0. The minimum atomic E-state index is -6.13. The summed E-state index contributed by atoms with van der Waals surface area (Å²) in [4.78, 5) is 24.7. The van der Waals surface area contributed by atoms with Gasteiger partial charge in [0, 0.05) is 11.6 Å². The van der Waals surface area contributed by atoms with Gasteiger partial charge in [-0.2, -0.15) is 132 Å². The maximum atomic E-state index is 14.2. The van der Waals surface area contributed by atoms with Crippen LogP contribution in [-0.4, -0.2) is 29.8 Å². The van der Waals surface area contributed by atoms with Gasteiger partial charge in [-0.05, 0) is 35.7 Å². The normalized spacial score (nSPS) is 13.2. The van der Waals surface area contributed by atoms with Crippen LogP contribution in [0.15, 0.2) is 140 Å². The highest BCUT2D eigenvalue weighted by Gasteiger charge is 2.47. The zero-order valence-corrected chi connectivity index (χ0v) is 39.5. The molecule has 7 aromatic rings. The molecule has 0 atom stereocenters. The van der Waals surface area contributed by atoms with Gasteiger partial charge in [-0.25, -0.2) is 4.79 Å². The number of ether oxygens (including phenoxy) is 1. The van der Waals surface area contributed by atoms with Crippen molar-refractivity contribution >= 4 is 50.5 Å². The molecule has 1 aromatic heterocycles. The Labute approximate surface area is 437 Å². The van der Waals surface area contributed by atoms with Crippen molar-refractivity contribution in [3.05, 3.63) is 195 Å². The number of benzene rings is 6. The second kappa shape index (κ2) is 21.9. The number of esters is 1. The Bertz CT molecular complexity index is 3030. The van der Waals surface area contributed by atoms with E-state index in [1.165, 1.54) is 0 Å². The Kier molecular flexibility index (Phi) is 16.9. The van der Waals surface area contributed by atoms with Gasteiger partial charge in [0.25, 0.3) is 5.69 Å². The number of aromatic nitrogens is 1. The van der Waals surface area contributed by atoms with Crippen LogP contribution in [0.1, 0.15) is 65.4 Å². The number of alkyl halides is 24. The molecule has 0 spiro atoms. The van der Waals surface area contributed by atoms with Crippen molar-refractivity contribution in [2.45, 2.75) is 56.0 Å². The summed E-state index contributed by atoms with van der Waals surface area (Å²) in [5.74, 6) is -0.788. The lowest BCUT2D eigenvalue weighted by molar-refractivity contribution is -0.684. The van der Waals surface area contributed by atoms with Gasteiger partial charge in [-0.1, -0.05) is 97.1 Å². The van der Waals surface area contributed by atoms with Crippen LogP contribution in [0.25, 0.3) is 10.8 Å². The Morgan fingerprint density at radius 1 is 0.395 bits per heavy atom. The quantitative estimate of drug-likeness (QED) is 0.0391. The number of carbonyl (C=O) groups excluding carboxylic acids is 2. The molecule has 1 heterocycles. The number of aliphatic hydroxyl groups excluding tert-OH is 1. The Balaban J connectivity index is 0.000000363. The van der Waals surface area contributed by atoms with Crippen LogP contribution in [0.3, 0.4) is 0 Å². The predicted octanol–water partition coefficient (Wildman–Crippen LogP) is 13.3. The summed E-state index contributed by atoms with van der Waals surface area (Å²) in [6.45, 7) is -0.709. The summed E-state index contributed by atoms with van der Waals surface area (Å²) in [7, 11) is 0. The minimum absolute atomic E-state index is 0.00467. The lowest BCUT2D eigenvalue weighted by atomic mass is 9.12. The summed E-state index contributed by atoms with van der Waals surface area (Å²) in [5.41, 5.74) is -29.4. The smallest absolute Gasteiger partial charge is 0.416 e. The predicted molar refractivity (Wildman–Crippen MR) is 237 cm³/mol. The van der Waals surface area contributed by atoms with Crippen molar-refractivity contribution in [2.24, 2.45) is 0 Å². The van der Waals surface area contributed by atoms with E-state index in [0.717, 1.165) is 5.39 Å². The number of halogens is 24. The SMILES string of the molecule is FC(F)(F)c1cc([B-](c2cc(C(F)(F)F)cc(C(F)(F)F)c2)(c2cc(C(F)(F)F)cc(C(F)(F)F)c2)c2cc(C(F)(F)F)cc(C(F)(F)F)c2)cc(C(F)(F)F)c1.O=C(C[n+]1ccc2ccccc2c1C(=O)OCO)c1ccccc1. The topological polar surface area (TPSA) is 67.5 Å². The van der Waals surface area contributed by atoms with Gasteiger partial charge in [0.15, 0.2) is 13.0 Å². The van der Waals surface area contributed by atoms with Crippen molar-refractivity contribution in [3.8, 4) is 0 Å². The Morgan fingerprint density at radius 2 is 0.679 bits per heavy atom. The monoisotopic (exact) mass is 1190 g/mol. The van der Waals surface area contributed by atoms with Crippen LogP contribution in [0.5, 0.6) is 0 Å². The molecule has 0 saturated carbocycles. The molecule has 0 aliphatic heterocycles. The second-order valence-corrected chi connectivity index (χ2v) is 17.5. The number of rotatable bonds is 9. The summed E-state index contributed by atoms with van der Waals surface area (Å²) >= 11 is 0. The third-order valence-corrected chi connectivity index (χ3v) is 12.2. The molecule has 432 valence electrons. The number of hydrogen-bond acceptors (Lipinski definition) is 4. The number of carbonyl (C=O) groups is 2. The zero-order valence-electron chi connectivity index (χ0n) is 39.5. The molecule has 0 aliphatic carbocycles. The number of ketones is 1. The van der Waals surface area contributed by atoms with Crippen LogP contribution in [0.2, 0.25) is 0 Å². The van der Waals surface area contributed by atoms with Crippen LogP contribution < -0.4 is 26.4 Å². The van der Waals surface area contributed by atoms with Gasteiger partial charge in [-0.3, -0.25) is 4.79 Å². The van der Waals surface area contributed by atoms with E-state index in [1.807, 2.05) is 24.3 Å². The van der Waals surface area contributed by atoms with Crippen LogP contribution >= 0.6 is 0 Å². The fourth-order valence-corrected chi connectivity index (χ4v) is 8.68. The maximum Gasteiger partial charge on any atom is 0.416 e. The van der Waals surface area contributed by atoms with E-state index < -0.39 is 207 Å². The highest BCUT2D eigenvalue weighted by molar-refractivity contribution is 7.20. The molecule has 0 radical (unpaired) electrons. The molecule has 30 heteroatoms. The molecule has 0 saturated heterocycles. The van der Waals surface area contributed by atoms with E-state index >= 15 is 0 Å². The highest BCUT2D eigenvalue weighted by Crippen LogP contribution is 2.41. The van der Waals surface area contributed by atoms with Crippen LogP contribution in [0, 0.1) is 0 Å². The van der Waals surface area contributed by atoms with E-state index in [-0.39, 0.29) is 18.0 Å². The van der Waals surface area contributed by atoms with Crippen LogP contribution in [-0.2, 0) is 60.7 Å². The number of pyridine rings is 1. The summed E-state index contributed by atoms with van der Waals surface area (Å²) in [5, 5.41) is 10.4. The average Bonchev–Trinajstić information content (AvgIpc) is 3.56. The molecule has 5 nitrogen and oxygen atoms in total. The molecule has 6 aromatic carbocycles. The number of Topliss-reactive ketones (excluding diaryl/α,β-unsaturated/α-hetero) is 1. The fourth-order valence-electron chi connectivity index (χ4n) is 8.68. The first kappa shape index (κ1) is 62.4. The highest BCUT2D eigenvalue weighted by atomic mass is 19.4. The van der Waals surface area contributed by atoms with Gasteiger partial charge in [0.2, 0.25) is 12.3 Å². The van der Waals surface area contributed by atoms with E-state index in [4.69, 9.17) is 9.84 Å². The molecular weight excluding hydrogens is 1160 g/mol. The Morgan fingerprint density at radius 3 is 0.963 bits per heavy atom. The third-order valence-electron chi connectivity index (χ3n) is 12.2. The van der Waals surface area contributed by atoms with E-state index in [1.54, 1.807) is 47.2 Å². The van der Waals surface area contributed by atoms with E-state index in [2.05, 4.69) is 0 Å². The molecule has 0 fully saturated rings. The number of fused-ring (bicyclic) bond motifs is 1. The molecule has 1 N–H and O–H groups in total. The fraction of sp³-hybridized carbons (Fsp3) is 0.196. The van der Waals surface area contributed by atoms with Crippen molar-refractivity contribution in [2.75, 3.05) is 6.79 Å². The Hall–Kier alpha value is -7.79. The first-order valence-corrected chi connectivity index (χ1v) is 22.1. The molecule has 0 amide bonds. The van der Waals surface area contributed by atoms with Gasteiger partial charge >= 0.3 is 55.4 Å². The van der Waals surface area contributed by atoms with Crippen molar-refractivity contribution in [1.29, 1.82) is 0 Å². The number of hydrogen-bond donors (Lipinski definition) is 1. The average molecular weight is 1190 g/mol. The number of aliphatic hydroxyl groups is 1. The van der Waals surface area contributed by atoms with Gasteiger partial charge in [-0.15, -0.1) is 0 Å². The zero-order chi connectivity index (χ0) is 60.9. The van der Waals surface area contributed by atoms with Crippen molar-refractivity contribution < 1.29 is 129 Å². The maximum absolute atomic E-state index is 14.2. The summed E-state index contributed by atoms with van der Waals surface area (Å²) < 4.78 is 347. The van der Waals surface area contributed by atoms with Crippen molar-refractivity contribution in [3.63, 3.8) is 0 Å². The standard InChI is InChI=1S/C32H12BF24.C19H16NO4/c34-25(35,36)13-1-14(26(37,38)39)6-21(5-13)33(22-7-15(27(40,41)42)2-16(8-22)28(43,44)45,23-9-17(29(46,47)48)3-18(10-23)30(49,50)51)24-11-19(31(52,53)54)4-20(12-24)32(55,56)57;21-13-24-19(23)18-16-9-5-4-6-14(16)10-11-20(18)12-17(22)15-7-2-1-3-8-15/h1-12H;1-11,21H,12-13H2/q-1;+1. The largest absolute Gasteiger partial charge is 0.431 e. The van der Waals surface area contributed by atoms with Crippen molar-refractivity contribution in [1.82, 2.24) is 0 Å². The number of nitrogens with zero attached hydrogens (tertiary/aromatic N) is 1. The molecule has 7 rings (SSSR count). The lowest BCUT2D eigenvalue weighted by Crippen LogP contribution is -2.75. The molecule has 81 heavy (non-hydrogen) atoms. The minimum Gasteiger partial charge on any atom is -0.431 e. The van der Waals surface area contributed by atoms with Gasteiger partial charge in [0.1, 0.15) is 6.15 Å². The molecule has 0 unspecified atom stereocenters. The molecular formula is C51H28BF24NO4. The van der Waals surface area contributed by atoms with E-state index in [0.29, 0.717) is 10.9 Å². The summed E-state index contributed by atoms with van der Waals surface area (Å²) in [6.07, 6.45) is -53.1. The van der Waals surface area contributed by atoms with E-state index in [9.17, 15) is 115 Å². The first-order chi connectivity index (χ1) is 37.0. The summed E-state index contributed by atoms with van der Waals surface area (Å²) in [6, 6.07) is 9.23. The molecule has 0 aliphatic rings. The second-order valence-electron chi connectivity index (χ2n) is 17.5. The van der Waals surface area contributed by atoms with Crippen LogP contribution in [0.4, 0.5) is 105 Å². The first-order valence-electron chi connectivity index (χ1n) is 22.1.